The Morgan fingerprint density at radius 2 is 1.91 bits per heavy atom. The van der Waals surface area contributed by atoms with Gasteiger partial charge in [0.15, 0.2) is 0 Å². The molecule has 2 aromatic heterocycles. The van der Waals surface area contributed by atoms with Gasteiger partial charge in [0.05, 0.1) is 14.2 Å². The van der Waals surface area contributed by atoms with E-state index in [0.717, 1.165) is 25.3 Å². The first-order valence-corrected chi connectivity index (χ1v) is 7.29. The number of aromatic nitrogens is 5. The van der Waals surface area contributed by atoms with Crippen LogP contribution in [0.15, 0.2) is 18.6 Å². The van der Waals surface area contributed by atoms with Gasteiger partial charge in [0.25, 0.3) is 0 Å². The molecule has 1 fully saturated rings. The number of anilines is 2. The molecule has 0 saturated carbocycles. The third-order valence-corrected chi connectivity index (χ3v) is 3.87. The topological polar surface area (TPSA) is 89.4 Å². The molecule has 0 amide bonds. The normalized spacial score (nSPS) is 17.2. The molecule has 0 aliphatic carbocycles. The molecule has 0 bridgehead atoms. The van der Waals surface area contributed by atoms with E-state index in [2.05, 4.69) is 34.7 Å². The lowest BCUT2D eigenvalue weighted by molar-refractivity contribution is 0.340. The number of hydrogen-bond acceptors (Lipinski definition) is 9. The van der Waals surface area contributed by atoms with Crippen LogP contribution in [0.3, 0.4) is 0 Å². The maximum atomic E-state index is 5.10. The summed E-state index contributed by atoms with van der Waals surface area (Å²) in [6, 6.07) is 2.72. The lowest BCUT2D eigenvalue weighted by atomic mass is 10.2. The molecule has 1 aliphatic rings. The third kappa shape index (κ3) is 3.22. The van der Waals surface area contributed by atoms with Crippen LogP contribution in [-0.4, -0.2) is 65.3 Å². The number of methoxy groups -OCH3 is 2. The SMILES string of the molecule is COc1nc(OC)nc(N2CCC(N(C)c3ccncn3)C2)n1. The highest BCUT2D eigenvalue weighted by atomic mass is 16.5. The van der Waals surface area contributed by atoms with Gasteiger partial charge in [0.1, 0.15) is 12.1 Å². The van der Waals surface area contributed by atoms with E-state index >= 15 is 0 Å². The Kier molecular flexibility index (Phi) is 4.35. The van der Waals surface area contributed by atoms with Gasteiger partial charge in [-0.25, -0.2) is 9.97 Å². The van der Waals surface area contributed by atoms with Crippen molar-refractivity contribution >= 4 is 11.8 Å². The van der Waals surface area contributed by atoms with Crippen LogP contribution in [0.4, 0.5) is 11.8 Å². The molecule has 9 nitrogen and oxygen atoms in total. The van der Waals surface area contributed by atoms with E-state index in [4.69, 9.17) is 9.47 Å². The van der Waals surface area contributed by atoms with Crippen molar-refractivity contribution in [2.45, 2.75) is 12.5 Å². The molecule has 2 aromatic rings. The minimum atomic E-state index is 0.249. The zero-order valence-electron chi connectivity index (χ0n) is 13.4. The van der Waals surface area contributed by atoms with E-state index in [-0.39, 0.29) is 12.0 Å². The van der Waals surface area contributed by atoms with Crippen molar-refractivity contribution in [1.29, 1.82) is 0 Å². The van der Waals surface area contributed by atoms with Gasteiger partial charge in [0, 0.05) is 32.4 Å². The number of nitrogens with zero attached hydrogens (tertiary/aromatic N) is 7. The summed E-state index contributed by atoms with van der Waals surface area (Å²) >= 11 is 0. The summed E-state index contributed by atoms with van der Waals surface area (Å²) in [5.41, 5.74) is 0. The monoisotopic (exact) mass is 317 g/mol. The summed E-state index contributed by atoms with van der Waals surface area (Å²) in [4.78, 5) is 25.1. The standard InChI is InChI=1S/C14H19N7O2/c1-20(11-4-6-15-9-16-11)10-5-7-21(8-10)12-17-13(22-2)19-14(18-12)23-3/h4,6,9-10H,5,7-8H2,1-3H3. The molecule has 0 radical (unpaired) electrons. The van der Waals surface area contributed by atoms with Gasteiger partial charge in [-0.05, 0) is 12.5 Å². The van der Waals surface area contributed by atoms with E-state index < -0.39 is 0 Å². The molecule has 122 valence electrons. The molecule has 3 rings (SSSR count). The molecule has 1 atom stereocenters. The Hall–Kier alpha value is -2.71. The number of likely N-dealkylation sites (N-methyl/N-ethyl adjacent to an activating group) is 1. The van der Waals surface area contributed by atoms with Crippen molar-refractivity contribution in [3.05, 3.63) is 18.6 Å². The average molecular weight is 317 g/mol. The smallest absolute Gasteiger partial charge is 0.324 e. The van der Waals surface area contributed by atoms with Gasteiger partial charge in [0.2, 0.25) is 5.95 Å². The fraction of sp³-hybridized carbons (Fsp3) is 0.500. The summed E-state index contributed by atoms with van der Waals surface area (Å²) in [6.45, 7) is 1.63. The van der Waals surface area contributed by atoms with E-state index in [1.807, 2.05) is 13.1 Å². The van der Waals surface area contributed by atoms with E-state index in [0.29, 0.717) is 12.0 Å². The van der Waals surface area contributed by atoms with Crippen molar-refractivity contribution in [1.82, 2.24) is 24.9 Å². The van der Waals surface area contributed by atoms with Crippen LogP contribution in [0.5, 0.6) is 12.0 Å². The first-order valence-electron chi connectivity index (χ1n) is 7.29. The van der Waals surface area contributed by atoms with E-state index in [9.17, 15) is 0 Å². The quantitative estimate of drug-likeness (QED) is 0.777. The Morgan fingerprint density at radius 1 is 1.17 bits per heavy atom. The summed E-state index contributed by atoms with van der Waals surface area (Å²) in [6.07, 6.45) is 4.28. The first kappa shape index (κ1) is 15.2. The predicted molar refractivity (Wildman–Crippen MR) is 84.0 cm³/mol. The highest BCUT2D eigenvalue weighted by Gasteiger charge is 2.29. The zero-order chi connectivity index (χ0) is 16.2. The summed E-state index contributed by atoms with van der Waals surface area (Å²) in [7, 11) is 5.08. The summed E-state index contributed by atoms with van der Waals surface area (Å²) < 4.78 is 10.2. The van der Waals surface area contributed by atoms with Gasteiger partial charge < -0.3 is 19.3 Å². The van der Waals surface area contributed by atoms with Crippen LogP contribution in [0.25, 0.3) is 0 Å². The highest BCUT2D eigenvalue weighted by Crippen LogP contribution is 2.24. The third-order valence-electron chi connectivity index (χ3n) is 3.87. The largest absolute Gasteiger partial charge is 0.467 e. The Morgan fingerprint density at radius 3 is 2.52 bits per heavy atom. The number of ether oxygens (including phenoxy) is 2. The van der Waals surface area contributed by atoms with Crippen LogP contribution < -0.4 is 19.3 Å². The molecular formula is C14H19N7O2. The molecule has 1 saturated heterocycles. The molecular weight excluding hydrogens is 298 g/mol. The summed E-state index contributed by atoms with van der Waals surface area (Å²) in [5.74, 6) is 1.46. The van der Waals surface area contributed by atoms with Crippen molar-refractivity contribution in [3.63, 3.8) is 0 Å². The van der Waals surface area contributed by atoms with Crippen molar-refractivity contribution < 1.29 is 9.47 Å². The van der Waals surface area contributed by atoms with Crippen LogP contribution in [0.1, 0.15) is 6.42 Å². The second kappa shape index (κ2) is 6.59. The second-order valence-corrected chi connectivity index (χ2v) is 5.18. The lowest BCUT2D eigenvalue weighted by Crippen LogP contribution is -2.35. The van der Waals surface area contributed by atoms with Crippen LogP contribution >= 0.6 is 0 Å². The van der Waals surface area contributed by atoms with Crippen LogP contribution in [-0.2, 0) is 0 Å². The highest BCUT2D eigenvalue weighted by molar-refractivity contribution is 5.41. The second-order valence-electron chi connectivity index (χ2n) is 5.18. The van der Waals surface area contributed by atoms with Crippen molar-refractivity contribution in [2.24, 2.45) is 0 Å². The van der Waals surface area contributed by atoms with Gasteiger partial charge >= 0.3 is 12.0 Å². The van der Waals surface area contributed by atoms with Crippen molar-refractivity contribution in [3.8, 4) is 12.0 Å². The Balaban J connectivity index is 1.75. The van der Waals surface area contributed by atoms with Crippen LogP contribution in [0, 0.1) is 0 Å². The van der Waals surface area contributed by atoms with Crippen molar-refractivity contribution in [2.75, 3.05) is 44.2 Å². The zero-order valence-corrected chi connectivity index (χ0v) is 13.4. The first-order chi connectivity index (χ1) is 11.2. The molecule has 0 N–H and O–H groups in total. The maximum Gasteiger partial charge on any atom is 0.324 e. The Labute approximate surface area is 134 Å². The van der Waals surface area contributed by atoms with Gasteiger partial charge in [-0.2, -0.15) is 9.97 Å². The predicted octanol–water partition coefficient (Wildman–Crippen LogP) is 0.394. The lowest BCUT2D eigenvalue weighted by Gasteiger charge is -2.25. The summed E-state index contributed by atoms with van der Waals surface area (Å²) in [5, 5.41) is 0. The molecule has 1 unspecified atom stereocenters. The molecule has 0 aromatic carbocycles. The molecule has 3 heterocycles. The van der Waals surface area contributed by atoms with E-state index in [1.54, 1.807) is 12.5 Å². The number of hydrogen-bond donors (Lipinski definition) is 0. The van der Waals surface area contributed by atoms with Gasteiger partial charge in [-0.15, -0.1) is 4.98 Å². The maximum absolute atomic E-state index is 5.10. The van der Waals surface area contributed by atoms with Gasteiger partial charge in [-0.1, -0.05) is 0 Å². The molecule has 9 heteroatoms. The Bertz CT molecular complexity index is 633. The fourth-order valence-corrected chi connectivity index (χ4v) is 2.57. The van der Waals surface area contributed by atoms with E-state index in [1.165, 1.54) is 14.2 Å². The van der Waals surface area contributed by atoms with Gasteiger partial charge in [-0.3, -0.25) is 0 Å². The molecule has 1 aliphatic heterocycles. The fourth-order valence-electron chi connectivity index (χ4n) is 2.57. The minimum Gasteiger partial charge on any atom is -0.467 e. The minimum absolute atomic E-state index is 0.249. The number of rotatable bonds is 5. The molecule has 23 heavy (non-hydrogen) atoms. The average Bonchev–Trinajstić information content (AvgIpc) is 3.11. The van der Waals surface area contributed by atoms with Crippen LogP contribution in [0.2, 0.25) is 0 Å². The molecule has 0 spiro atoms.